The van der Waals surface area contributed by atoms with Crippen molar-refractivity contribution in [3.8, 4) is 0 Å². The van der Waals surface area contributed by atoms with Gasteiger partial charge in [0.1, 0.15) is 0 Å². The number of nitrogen functional groups attached to an aromatic ring is 1. The Morgan fingerprint density at radius 2 is 2.35 bits per heavy atom. The average molecular weight is 273 g/mol. The van der Waals surface area contributed by atoms with Crippen molar-refractivity contribution >= 4 is 22.7 Å². The number of H-pyrrole nitrogens is 1. The quantitative estimate of drug-likeness (QED) is 0.837. The summed E-state index contributed by atoms with van der Waals surface area (Å²) in [5, 5.41) is 0. The van der Waals surface area contributed by atoms with Crippen LogP contribution in [0.4, 0.5) is 11.6 Å². The van der Waals surface area contributed by atoms with Crippen LogP contribution in [-0.2, 0) is 0 Å². The number of nitrogens with two attached hydrogens (primary N) is 1. The molecule has 2 heterocycles. The lowest BCUT2D eigenvalue weighted by Crippen LogP contribution is -2.39. The van der Waals surface area contributed by atoms with Gasteiger partial charge in [-0.1, -0.05) is 6.92 Å². The summed E-state index contributed by atoms with van der Waals surface area (Å²) in [5.41, 5.74) is 8.55. The Bertz CT molecular complexity index is 591. The van der Waals surface area contributed by atoms with Gasteiger partial charge in [0.05, 0.1) is 11.0 Å². The molecular weight excluding hydrogens is 250 g/mol. The minimum Gasteiger partial charge on any atom is -0.399 e. The molecule has 108 valence electrons. The first-order valence-electron chi connectivity index (χ1n) is 7.38. The molecule has 1 saturated heterocycles. The minimum absolute atomic E-state index is 0.642. The third-order valence-electron chi connectivity index (χ3n) is 4.24. The van der Waals surface area contributed by atoms with Crippen LogP contribution in [0.15, 0.2) is 18.2 Å². The fourth-order valence-electron chi connectivity index (χ4n) is 3.12. The van der Waals surface area contributed by atoms with Gasteiger partial charge in [0.25, 0.3) is 0 Å². The van der Waals surface area contributed by atoms with Crippen molar-refractivity contribution in [3.05, 3.63) is 18.2 Å². The normalized spacial score (nSPS) is 19.8. The van der Waals surface area contributed by atoms with Gasteiger partial charge in [-0.3, -0.25) is 4.90 Å². The Morgan fingerprint density at radius 1 is 1.50 bits per heavy atom. The third-order valence-corrected chi connectivity index (χ3v) is 4.24. The zero-order chi connectivity index (χ0) is 14.1. The van der Waals surface area contributed by atoms with Gasteiger partial charge in [-0.05, 0) is 44.1 Å². The zero-order valence-corrected chi connectivity index (χ0v) is 12.3. The highest BCUT2D eigenvalue weighted by molar-refractivity contribution is 5.80. The van der Waals surface area contributed by atoms with E-state index in [1.54, 1.807) is 0 Å². The van der Waals surface area contributed by atoms with Crippen LogP contribution in [0.3, 0.4) is 0 Å². The first-order chi connectivity index (χ1) is 9.67. The maximum absolute atomic E-state index is 5.81. The van der Waals surface area contributed by atoms with Gasteiger partial charge in [0.2, 0.25) is 5.95 Å². The Balaban J connectivity index is 1.76. The van der Waals surface area contributed by atoms with Gasteiger partial charge in [-0.2, -0.15) is 0 Å². The molecule has 5 heteroatoms. The monoisotopic (exact) mass is 273 g/mol. The number of likely N-dealkylation sites (N-methyl/N-ethyl adjacent to an activating group) is 2. The molecule has 0 aliphatic carbocycles. The largest absolute Gasteiger partial charge is 0.399 e. The average Bonchev–Trinajstić information content (AvgIpc) is 3.04. The van der Waals surface area contributed by atoms with Crippen LogP contribution in [0, 0.1) is 0 Å². The molecule has 0 spiro atoms. The minimum atomic E-state index is 0.642. The smallest absolute Gasteiger partial charge is 0.203 e. The number of rotatable bonds is 4. The van der Waals surface area contributed by atoms with Crippen LogP contribution in [0.2, 0.25) is 0 Å². The van der Waals surface area contributed by atoms with Gasteiger partial charge in [0, 0.05) is 25.3 Å². The van der Waals surface area contributed by atoms with Crippen LogP contribution < -0.4 is 10.6 Å². The summed E-state index contributed by atoms with van der Waals surface area (Å²) in [4.78, 5) is 12.8. The molecule has 1 aromatic heterocycles. The highest BCUT2D eigenvalue weighted by atomic mass is 15.3. The molecule has 20 heavy (non-hydrogen) atoms. The van der Waals surface area contributed by atoms with E-state index in [2.05, 4.69) is 33.7 Å². The number of aromatic amines is 1. The number of likely N-dealkylation sites (tertiary alicyclic amines) is 1. The molecule has 5 nitrogen and oxygen atoms in total. The fourth-order valence-corrected chi connectivity index (χ4v) is 3.12. The Labute approximate surface area is 119 Å². The van der Waals surface area contributed by atoms with Crippen molar-refractivity contribution in [2.45, 2.75) is 25.8 Å². The Kier molecular flexibility index (Phi) is 3.53. The lowest BCUT2D eigenvalue weighted by atomic mass is 10.2. The van der Waals surface area contributed by atoms with E-state index in [9.17, 15) is 0 Å². The first kappa shape index (κ1) is 13.2. The molecule has 1 fully saturated rings. The molecule has 3 rings (SSSR count). The van der Waals surface area contributed by atoms with E-state index in [-0.39, 0.29) is 0 Å². The predicted octanol–water partition coefficient (Wildman–Crippen LogP) is 2.07. The van der Waals surface area contributed by atoms with Crippen molar-refractivity contribution in [1.82, 2.24) is 14.9 Å². The number of nitrogens with zero attached hydrogens (tertiary/aromatic N) is 3. The topological polar surface area (TPSA) is 61.2 Å². The van der Waals surface area contributed by atoms with Gasteiger partial charge < -0.3 is 15.6 Å². The number of hydrogen-bond donors (Lipinski definition) is 2. The van der Waals surface area contributed by atoms with Crippen LogP contribution in [0.25, 0.3) is 11.0 Å². The first-order valence-corrected chi connectivity index (χ1v) is 7.38. The molecule has 1 aromatic carbocycles. The van der Waals surface area contributed by atoms with Crippen LogP contribution >= 0.6 is 0 Å². The van der Waals surface area contributed by atoms with Gasteiger partial charge in [-0.25, -0.2) is 4.98 Å². The SMILES string of the molecule is CCN1CCCC1CN(C)c1nc2ccc(N)cc2[nH]1. The van der Waals surface area contributed by atoms with Gasteiger partial charge >= 0.3 is 0 Å². The molecule has 0 radical (unpaired) electrons. The summed E-state index contributed by atoms with van der Waals surface area (Å²) in [6.45, 7) is 5.62. The zero-order valence-electron chi connectivity index (χ0n) is 12.3. The van der Waals surface area contributed by atoms with Crippen molar-refractivity contribution in [2.24, 2.45) is 0 Å². The summed E-state index contributed by atoms with van der Waals surface area (Å²) < 4.78 is 0. The molecule has 1 aliphatic rings. The van der Waals surface area contributed by atoms with E-state index in [0.29, 0.717) is 6.04 Å². The van der Waals surface area contributed by atoms with Crippen LogP contribution in [0.5, 0.6) is 0 Å². The Hall–Kier alpha value is -1.75. The molecule has 2 aromatic rings. The van der Waals surface area contributed by atoms with Crippen molar-refractivity contribution in [2.75, 3.05) is 37.3 Å². The van der Waals surface area contributed by atoms with Crippen LogP contribution in [0.1, 0.15) is 19.8 Å². The molecule has 0 saturated carbocycles. The van der Waals surface area contributed by atoms with E-state index in [1.165, 1.54) is 19.4 Å². The number of nitrogens with one attached hydrogen (secondary N) is 1. The van der Waals surface area contributed by atoms with Gasteiger partial charge in [-0.15, -0.1) is 0 Å². The fraction of sp³-hybridized carbons (Fsp3) is 0.533. The highest BCUT2D eigenvalue weighted by Crippen LogP contribution is 2.22. The summed E-state index contributed by atoms with van der Waals surface area (Å²) in [5.74, 6) is 0.925. The maximum Gasteiger partial charge on any atom is 0.203 e. The molecule has 0 amide bonds. The molecule has 3 N–H and O–H groups in total. The van der Waals surface area contributed by atoms with Gasteiger partial charge in [0.15, 0.2) is 0 Å². The number of aromatic nitrogens is 2. The van der Waals surface area contributed by atoms with Crippen molar-refractivity contribution in [3.63, 3.8) is 0 Å². The van der Waals surface area contributed by atoms with E-state index >= 15 is 0 Å². The second-order valence-electron chi connectivity index (χ2n) is 5.64. The standard InChI is InChI=1S/C15H23N5/c1-3-20-8-4-5-12(20)10-19(2)15-17-13-7-6-11(16)9-14(13)18-15/h6-7,9,12H,3-5,8,10,16H2,1-2H3,(H,17,18). The number of imidazole rings is 1. The lowest BCUT2D eigenvalue weighted by molar-refractivity contribution is 0.270. The molecule has 1 unspecified atom stereocenters. The number of benzene rings is 1. The van der Waals surface area contributed by atoms with E-state index in [0.717, 1.165) is 35.8 Å². The maximum atomic E-state index is 5.81. The molecule has 1 aliphatic heterocycles. The van der Waals surface area contributed by atoms with Crippen molar-refractivity contribution in [1.29, 1.82) is 0 Å². The second-order valence-corrected chi connectivity index (χ2v) is 5.64. The summed E-state index contributed by atoms with van der Waals surface area (Å²) in [6, 6.07) is 6.44. The van der Waals surface area contributed by atoms with E-state index in [4.69, 9.17) is 5.73 Å². The summed E-state index contributed by atoms with van der Waals surface area (Å²) >= 11 is 0. The van der Waals surface area contributed by atoms with E-state index in [1.807, 2.05) is 18.2 Å². The summed E-state index contributed by atoms with van der Waals surface area (Å²) in [7, 11) is 2.10. The summed E-state index contributed by atoms with van der Waals surface area (Å²) in [6.07, 6.45) is 2.59. The third kappa shape index (κ3) is 2.45. The molecule has 1 atom stereocenters. The second kappa shape index (κ2) is 5.32. The number of fused-ring (bicyclic) bond motifs is 1. The molecular formula is C15H23N5. The Morgan fingerprint density at radius 3 is 3.15 bits per heavy atom. The predicted molar refractivity (Wildman–Crippen MR) is 84.0 cm³/mol. The highest BCUT2D eigenvalue weighted by Gasteiger charge is 2.24. The lowest BCUT2D eigenvalue weighted by Gasteiger charge is -2.27. The molecule has 0 bridgehead atoms. The number of hydrogen-bond acceptors (Lipinski definition) is 4. The van der Waals surface area contributed by atoms with E-state index < -0.39 is 0 Å². The number of anilines is 2. The van der Waals surface area contributed by atoms with Crippen molar-refractivity contribution < 1.29 is 0 Å². The van der Waals surface area contributed by atoms with Crippen LogP contribution in [-0.4, -0.2) is 47.6 Å².